The Bertz CT molecular complexity index is 1060. The largest absolute Gasteiger partial charge is 0.497 e. The number of hydrogen-bond donors (Lipinski definition) is 0. The molecule has 1 unspecified atom stereocenters. The summed E-state index contributed by atoms with van der Waals surface area (Å²) in [7, 11) is 1.64. The summed E-state index contributed by atoms with van der Waals surface area (Å²) in [4.78, 5) is 27.3. The summed E-state index contributed by atoms with van der Waals surface area (Å²) in [5.74, 6) is 0.619. The van der Waals surface area contributed by atoms with E-state index >= 15 is 0 Å². The van der Waals surface area contributed by atoms with Crippen LogP contribution in [0.25, 0.3) is 0 Å². The smallest absolute Gasteiger partial charge is 0.274 e. The first-order valence-electron chi connectivity index (χ1n) is 9.73. The Hall–Kier alpha value is -3.41. The number of rotatable bonds is 5. The van der Waals surface area contributed by atoms with Crippen LogP contribution in [0.2, 0.25) is 0 Å². The van der Waals surface area contributed by atoms with Gasteiger partial charge in [-0.25, -0.2) is 4.68 Å². The lowest BCUT2D eigenvalue weighted by atomic mass is 10.0. The minimum atomic E-state index is -0.226. The normalized spacial score (nSPS) is 16.0. The molecule has 1 aliphatic rings. The van der Waals surface area contributed by atoms with Gasteiger partial charge in [0.2, 0.25) is 0 Å². The molecule has 6 nitrogen and oxygen atoms in total. The Balaban J connectivity index is 1.60. The van der Waals surface area contributed by atoms with Crippen LogP contribution in [0.5, 0.6) is 5.75 Å². The van der Waals surface area contributed by atoms with E-state index < -0.39 is 0 Å². The van der Waals surface area contributed by atoms with Gasteiger partial charge in [-0.1, -0.05) is 42.5 Å². The molecule has 2 aromatic carbocycles. The highest BCUT2D eigenvalue weighted by Crippen LogP contribution is 2.34. The first-order valence-corrected chi connectivity index (χ1v) is 9.73. The van der Waals surface area contributed by atoms with Crippen LogP contribution in [-0.4, -0.2) is 34.2 Å². The molecule has 3 aromatic rings. The summed E-state index contributed by atoms with van der Waals surface area (Å²) in [6, 6.07) is 20.4. The molecule has 29 heavy (non-hydrogen) atoms. The molecule has 2 heterocycles. The number of carbonyl (C=O) groups excluding carboxylic acids is 1. The van der Waals surface area contributed by atoms with Crippen LogP contribution >= 0.6 is 0 Å². The molecule has 4 rings (SSSR count). The third-order valence-corrected chi connectivity index (χ3v) is 5.25. The van der Waals surface area contributed by atoms with Crippen molar-refractivity contribution in [2.24, 2.45) is 0 Å². The van der Waals surface area contributed by atoms with Crippen molar-refractivity contribution in [2.45, 2.75) is 25.4 Å². The molecule has 1 saturated heterocycles. The molecule has 1 atom stereocenters. The SMILES string of the molecule is COc1cccc(C2CCCN2C(=O)c2ccc(=O)n(Cc3ccccc3)n2)c1. The lowest BCUT2D eigenvalue weighted by Crippen LogP contribution is -2.33. The van der Waals surface area contributed by atoms with E-state index in [0.717, 1.165) is 29.7 Å². The maximum Gasteiger partial charge on any atom is 0.274 e. The van der Waals surface area contributed by atoms with Gasteiger partial charge in [-0.15, -0.1) is 0 Å². The van der Waals surface area contributed by atoms with Gasteiger partial charge >= 0.3 is 0 Å². The highest BCUT2D eigenvalue weighted by Gasteiger charge is 2.31. The minimum absolute atomic E-state index is 0.0195. The van der Waals surface area contributed by atoms with Crippen LogP contribution in [-0.2, 0) is 6.54 Å². The van der Waals surface area contributed by atoms with Crippen LogP contribution in [0, 0.1) is 0 Å². The van der Waals surface area contributed by atoms with E-state index in [1.807, 2.05) is 59.5 Å². The fourth-order valence-electron chi connectivity index (χ4n) is 3.78. The Morgan fingerprint density at radius 2 is 1.93 bits per heavy atom. The van der Waals surface area contributed by atoms with Gasteiger partial charge in [0, 0.05) is 12.6 Å². The van der Waals surface area contributed by atoms with Crippen molar-refractivity contribution in [1.29, 1.82) is 0 Å². The summed E-state index contributed by atoms with van der Waals surface area (Å²) < 4.78 is 6.67. The van der Waals surface area contributed by atoms with Crippen molar-refractivity contribution in [3.8, 4) is 5.75 Å². The molecule has 0 aliphatic carbocycles. The summed E-state index contributed by atoms with van der Waals surface area (Å²) in [5.41, 5.74) is 2.07. The zero-order valence-electron chi connectivity index (χ0n) is 16.3. The molecule has 1 amide bonds. The van der Waals surface area contributed by atoms with Gasteiger partial charge in [-0.2, -0.15) is 5.10 Å². The molecule has 0 radical (unpaired) electrons. The molecule has 148 valence electrons. The second kappa shape index (κ2) is 8.31. The third-order valence-electron chi connectivity index (χ3n) is 5.25. The van der Waals surface area contributed by atoms with E-state index in [2.05, 4.69) is 5.10 Å². The van der Waals surface area contributed by atoms with Gasteiger partial charge in [0.1, 0.15) is 11.4 Å². The van der Waals surface area contributed by atoms with E-state index in [1.54, 1.807) is 7.11 Å². The first-order chi connectivity index (χ1) is 14.2. The molecule has 0 N–H and O–H groups in total. The predicted octanol–water partition coefficient (Wildman–Crippen LogP) is 3.28. The van der Waals surface area contributed by atoms with Crippen molar-refractivity contribution >= 4 is 5.91 Å². The number of nitrogens with zero attached hydrogens (tertiary/aromatic N) is 3. The Morgan fingerprint density at radius 1 is 1.10 bits per heavy atom. The van der Waals surface area contributed by atoms with Crippen LogP contribution in [0.1, 0.15) is 40.5 Å². The number of aromatic nitrogens is 2. The number of benzene rings is 2. The van der Waals surface area contributed by atoms with Gasteiger partial charge in [-0.3, -0.25) is 9.59 Å². The topological polar surface area (TPSA) is 64.4 Å². The molecule has 0 saturated carbocycles. The van der Waals surface area contributed by atoms with Gasteiger partial charge in [0.05, 0.1) is 19.7 Å². The lowest BCUT2D eigenvalue weighted by Gasteiger charge is -2.25. The fraction of sp³-hybridized carbons (Fsp3) is 0.261. The first kappa shape index (κ1) is 18.9. The predicted molar refractivity (Wildman–Crippen MR) is 110 cm³/mol. The summed E-state index contributed by atoms with van der Waals surface area (Å²) in [5, 5.41) is 4.36. The summed E-state index contributed by atoms with van der Waals surface area (Å²) in [6.07, 6.45) is 1.82. The second-order valence-electron chi connectivity index (χ2n) is 7.13. The lowest BCUT2D eigenvalue weighted by molar-refractivity contribution is 0.0726. The summed E-state index contributed by atoms with van der Waals surface area (Å²) in [6.45, 7) is 1.00. The number of methoxy groups -OCH3 is 1. The molecule has 1 aromatic heterocycles. The monoisotopic (exact) mass is 389 g/mol. The van der Waals surface area contributed by atoms with E-state index in [1.165, 1.54) is 16.8 Å². The van der Waals surface area contributed by atoms with E-state index in [0.29, 0.717) is 13.1 Å². The van der Waals surface area contributed by atoms with Crippen molar-refractivity contribution in [1.82, 2.24) is 14.7 Å². The number of amides is 1. The third kappa shape index (κ3) is 4.06. The van der Waals surface area contributed by atoms with Crippen LogP contribution in [0.4, 0.5) is 0 Å². The zero-order chi connectivity index (χ0) is 20.2. The molecule has 0 spiro atoms. The minimum Gasteiger partial charge on any atom is -0.497 e. The van der Waals surface area contributed by atoms with Gasteiger partial charge in [0.25, 0.3) is 11.5 Å². The quantitative estimate of drug-likeness (QED) is 0.672. The number of carbonyl (C=O) groups is 1. The van der Waals surface area contributed by atoms with Crippen LogP contribution in [0.3, 0.4) is 0 Å². The summed E-state index contributed by atoms with van der Waals surface area (Å²) >= 11 is 0. The highest BCUT2D eigenvalue weighted by atomic mass is 16.5. The second-order valence-corrected chi connectivity index (χ2v) is 7.13. The molecular weight excluding hydrogens is 366 g/mol. The van der Waals surface area contributed by atoms with Gasteiger partial charge in [-0.05, 0) is 42.2 Å². The number of hydrogen-bond acceptors (Lipinski definition) is 4. The number of ether oxygens (including phenoxy) is 1. The molecular formula is C23H23N3O3. The number of likely N-dealkylation sites (tertiary alicyclic amines) is 1. The molecule has 1 fully saturated rings. The highest BCUT2D eigenvalue weighted by molar-refractivity contribution is 5.92. The van der Waals surface area contributed by atoms with Gasteiger partial charge in [0.15, 0.2) is 0 Å². The van der Waals surface area contributed by atoms with Crippen molar-refractivity contribution < 1.29 is 9.53 Å². The van der Waals surface area contributed by atoms with Crippen molar-refractivity contribution in [2.75, 3.05) is 13.7 Å². The molecule has 0 bridgehead atoms. The Morgan fingerprint density at radius 3 is 2.72 bits per heavy atom. The van der Waals surface area contributed by atoms with Crippen molar-refractivity contribution in [3.05, 3.63) is 93.9 Å². The maximum absolute atomic E-state index is 13.2. The standard InChI is InChI=1S/C23H23N3O3/c1-29-19-10-5-9-18(15-19)21-11-6-14-25(21)23(28)20-12-13-22(27)26(24-20)16-17-7-3-2-4-8-17/h2-5,7-10,12-13,15,21H,6,11,14,16H2,1H3. The average molecular weight is 389 g/mol. The van der Waals surface area contributed by atoms with E-state index in [9.17, 15) is 9.59 Å². The maximum atomic E-state index is 13.2. The Labute approximate surface area is 169 Å². The van der Waals surface area contributed by atoms with Crippen molar-refractivity contribution in [3.63, 3.8) is 0 Å². The molecule has 6 heteroatoms. The Kier molecular flexibility index (Phi) is 5.42. The fourth-order valence-corrected chi connectivity index (χ4v) is 3.78. The van der Waals surface area contributed by atoms with Crippen LogP contribution < -0.4 is 10.3 Å². The van der Waals surface area contributed by atoms with E-state index in [4.69, 9.17) is 4.74 Å². The average Bonchev–Trinajstić information content (AvgIpc) is 3.25. The van der Waals surface area contributed by atoms with Gasteiger partial charge < -0.3 is 9.64 Å². The molecule has 1 aliphatic heterocycles. The zero-order valence-corrected chi connectivity index (χ0v) is 16.3. The van der Waals surface area contributed by atoms with Crippen LogP contribution in [0.15, 0.2) is 71.5 Å². The van der Waals surface area contributed by atoms with E-state index in [-0.39, 0.29) is 23.2 Å².